The molecule has 0 bridgehead atoms. The van der Waals surface area contributed by atoms with E-state index in [2.05, 4.69) is 0 Å². The number of anilines is 1. The first-order valence-corrected chi connectivity index (χ1v) is 7.73. The van der Waals surface area contributed by atoms with Gasteiger partial charge in [-0.2, -0.15) is 0 Å². The molecule has 1 aliphatic rings. The Morgan fingerprint density at radius 1 is 1.27 bits per heavy atom. The molecule has 1 saturated heterocycles. The molecule has 5 nitrogen and oxygen atoms in total. The van der Waals surface area contributed by atoms with Crippen molar-refractivity contribution < 1.29 is 14.7 Å². The van der Waals surface area contributed by atoms with Gasteiger partial charge < -0.3 is 14.9 Å². The summed E-state index contributed by atoms with van der Waals surface area (Å²) >= 11 is 0. The molecule has 5 heteroatoms. The van der Waals surface area contributed by atoms with Crippen molar-refractivity contribution in [3.8, 4) is 0 Å². The average Bonchev–Trinajstić information content (AvgIpc) is 2.46. The number of nitrogens with zero attached hydrogens (tertiary/aromatic N) is 2. The molecule has 0 aliphatic carbocycles. The van der Waals surface area contributed by atoms with Gasteiger partial charge in [0.2, 0.25) is 5.91 Å². The monoisotopic (exact) mass is 304 g/mol. The molecule has 1 fully saturated rings. The van der Waals surface area contributed by atoms with Crippen LogP contribution >= 0.6 is 0 Å². The number of aliphatic hydroxyl groups is 1. The lowest BCUT2D eigenvalue weighted by molar-refractivity contribution is -0.144. The minimum absolute atomic E-state index is 0.0301. The molecule has 0 radical (unpaired) electrons. The molecular weight excluding hydrogens is 280 g/mol. The molecule has 2 amide bonds. The summed E-state index contributed by atoms with van der Waals surface area (Å²) in [6.45, 7) is 6.82. The molecular formula is C17H24N2O3. The Kier molecular flexibility index (Phi) is 5.19. The van der Waals surface area contributed by atoms with Gasteiger partial charge in [-0.15, -0.1) is 0 Å². The van der Waals surface area contributed by atoms with E-state index in [1.54, 1.807) is 4.90 Å². The third-order valence-corrected chi connectivity index (χ3v) is 3.92. The van der Waals surface area contributed by atoms with Gasteiger partial charge in [0.05, 0.1) is 0 Å². The molecule has 0 saturated carbocycles. The fourth-order valence-electron chi connectivity index (χ4n) is 2.74. The van der Waals surface area contributed by atoms with Crippen molar-refractivity contribution in [3.63, 3.8) is 0 Å². The predicted octanol–water partition coefficient (Wildman–Crippen LogP) is 1.58. The van der Waals surface area contributed by atoms with E-state index in [1.807, 2.05) is 45.0 Å². The Balaban J connectivity index is 2.03. The van der Waals surface area contributed by atoms with Crippen LogP contribution in [0.15, 0.2) is 24.3 Å². The van der Waals surface area contributed by atoms with Crippen LogP contribution in [0, 0.1) is 12.8 Å². The molecule has 0 spiro atoms. The van der Waals surface area contributed by atoms with Crippen LogP contribution in [0.2, 0.25) is 0 Å². The van der Waals surface area contributed by atoms with Gasteiger partial charge in [-0.05, 0) is 30.9 Å². The number of amides is 2. The van der Waals surface area contributed by atoms with Crippen LogP contribution in [-0.2, 0) is 9.59 Å². The topological polar surface area (TPSA) is 60.9 Å². The molecule has 1 atom stereocenters. The van der Waals surface area contributed by atoms with E-state index in [0.717, 1.165) is 11.3 Å². The summed E-state index contributed by atoms with van der Waals surface area (Å²) in [6, 6.07) is 7.72. The first-order chi connectivity index (χ1) is 10.4. The molecule has 1 heterocycles. The second-order valence-electron chi connectivity index (χ2n) is 6.24. The van der Waals surface area contributed by atoms with Gasteiger partial charge in [-0.25, -0.2) is 0 Å². The van der Waals surface area contributed by atoms with Crippen LogP contribution in [0.1, 0.15) is 25.8 Å². The summed E-state index contributed by atoms with van der Waals surface area (Å²) in [6.07, 6.45) is -0.594. The maximum atomic E-state index is 12.4. The SMILES string of the molecule is Cc1ccccc1N1CCN(C(=O)C(O)CC(C)C)CC1=O. The van der Waals surface area contributed by atoms with E-state index in [0.29, 0.717) is 19.5 Å². The zero-order valence-corrected chi connectivity index (χ0v) is 13.5. The summed E-state index contributed by atoms with van der Waals surface area (Å²) < 4.78 is 0. The van der Waals surface area contributed by atoms with E-state index in [1.165, 1.54) is 4.90 Å². The summed E-state index contributed by atoms with van der Waals surface area (Å²) in [5.74, 6) is -0.208. The lowest BCUT2D eigenvalue weighted by Crippen LogP contribution is -2.54. The van der Waals surface area contributed by atoms with Crippen molar-refractivity contribution in [1.29, 1.82) is 0 Å². The Labute approximate surface area is 131 Å². The summed E-state index contributed by atoms with van der Waals surface area (Å²) in [5, 5.41) is 9.94. The average molecular weight is 304 g/mol. The largest absolute Gasteiger partial charge is 0.383 e. The van der Waals surface area contributed by atoms with Crippen LogP contribution in [0.3, 0.4) is 0 Å². The van der Waals surface area contributed by atoms with Crippen LogP contribution < -0.4 is 4.90 Å². The van der Waals surface area contributed by atoms with Crippen LogP contribution in [0.25, 0.3) is 0 Å². The molecule has 120 valence electrons. The van der Waals surface area contributed by atoms with Gasteiger partial charge in [-0.1, -0.05) is 32.0 Å². The zero-order chi connectivity index (χ0) is 16.3. The molecule has 0 aromatic heterocycles. The summed E-state index contributed by atoms with van der Waals surface area (Å²) in [4.78, 5) is 27.7. The van der Waals surface area contributed by atoms with E-state index in [-0.39, 0.29) is 24.3 Å². The van der Waals surface area contributed by atoms with Gasteiger partial charge in [0, 0.05) is 18.8 Å². The van der Waals surface area contributed by atoms with Crippen molar-refractivity contribution in [3.05, 3.63) is 29.8 Å². The second kappa shape index (κ2) is 6.92. The predicted molar refractivity (Wildman–Crippen MR) is 85.6 cm³/mol. The number of piperazine rings is 1. The Hall–Kier alpha value is -1.88. The van der Waals surface area contributed by atoms with Gasteiger partial charge in [0.1, 0.15) is 12.6 Å². The van der Waals surface area contributed by atoms with Gasteiger partial charge in [0.25, 0.3) is 5.91 Å². The highest BCUT2D eigenvalue weighted by molar-refractivity contribution is 5.98. The quantitative estimate of drug-likeness (QED) is 0.918. The standard InChI is InChI=1S/C17H24N2O3/c1-12(2)10-15(20)17(22)18-8-9-19(16(21)11-18)14-7-5-4-6-13(14)3/h4-7,12,15,20H,8-11H2,1-3H3. The fraction of sp³-hybridized carbons (Fsp3) is 0.529. The number of hydrogen-bond acceptors (Lipinski definition) is 3. The number of rotatable bonds is 4. The maximum absolute atomic E-state index is 12.4. The first-order valence-electron chi connectivity index (χ1n) is 7.73. The van der Waals surface area contributed by atoms with Crippen molar-refractivity contribution in [2.75, 3.05) is 24.5 Å². The number of benzene rings is 1. The van der Waals surface area contributed by atoms with Crippen molar-refractivity contribution in [2.45, 2.75) is 33.3 Å². The Bertz CT molecular complexity index is 557. The minimum Gasteiger partial charge on any atom is -0.383 e. The van der Waals surface area contributed by atoms with Gasteiger partial charge in [-0.3, -0.25) is 9.59 Å². The van der Waals surface area contributed by atoms with Crippen molar-refractivity contribution in [1.82, 2.24) is 4.90 Å². The smallest absolute Gasteiger partial charge is 0.251 e. The number of aliphatic hydroxyl groups excluding tert-OH is 1. The van der Waals surface area contributed by atoms with Gasteiger partial charge >= 0.3 is 0 Å². The van der Waals surface area contributed by atoms with Crippen molar-refractivity contribution in [2.24, 2.45) is 5.92 Å². The Morgan fingerprint density at radius 2 is 1.95 bits per heavy atom. The number of aryl methyl sites for hydroxylation is 1. The van der Waals surface area contributed by atoms with E-state index >= 15 is 0 Å². The molecule has 2 rings (SSSR count). The number of para-hydroxylation sites is 1. The highest BCUT2D eigenvalue weighted by atomic mass is 16.3. The van der Waals surface area contributed by atoms with Gasteiger partial charge in [0.15, 0.2) is 0 Å². The zero-order valence-electron chi connectivity index (χ0n) is 13.5. The van der Waals surface area contributed by atoms with Crippen molar-refractivity contribution >= 4 is 17.5 Å². The summed E-state index contributed by atoms with van der Waals surface area (Å²) in [7, 11) is 0. The lowest BCUT2D eigenvalue weighted by atomic mass is 10.0. The molecule has 1 aromatic carbocycles. The van der Waals surface area contributed by atoms with E-state index < -0.39 is 6.10 Å². The highest BCUT2D eigenvalue weighted by Gasteiger charge is 2.31. The first kappa shape index (κ1) is 16.5. The number of hydrogen-bond donors (Lipinski definition) is 1. The van der Waals surface area contributed by atoms with Crippen LogP contribution in [0.5, 0.6) is 0 Å². The second-order valence-corrected chi connectivity index (χ2v) is 6.24. The minimum atomic E-state index is -1.02. The third kappa shape index (κ3) is 3.65. The number of carbonyl (C=O) groups excluding carboxylic acids is 2. The normalized spacial score (nSPS) is 17.0. The third-order valence-electron chi connectivity index (χ3n) is 3.92. The number of carbonyl (C=O) groups is 2. The molecule has 22 heavy (non-hydrogen) atoms. The molecule has 1 N–H and O–H groups in total. The van der Waals surface area contributed by atoms with E-state index in [4.69, 9.17) is 0 Å². The van der Waals surface area contributed by atoms with E-state index in [9.17, 15) is 14.7 Å². The highest BCUT2D eigenvalue weighted by Crippen LogP contribution is 2.22. The fourth-order valence-corrected chi connectivity index (χ4v) is 2.74. The molecule has 1 unspecified atom stereocenters. The lowest BCUT2D eigenvalue weighted by Gasteiger charge is -2.36. The maximum Gasteiger partial charge on any atom is 0.251 e. The summed E-state index contributed by atoms with van der Waals surface area (Å²) in [5.41, 5.74) is 1.93. The van der Waals surface area contributed by atoms with Crippen LogP contribution in [0.4, 0.5) is 5.69 Å². The Morgan fingerprint density at radius 3 is 2.55 bits per heavy atom. The molecule has 1 aliphatic heterocycles. The molecule has 1 aromatic rings. The van der Waals surface area contributed by atoms with Crippen LogP contribution in [-0.4, -0.2) is 47.6 Å².